The first kappa shape index (κ1) is 24.8. The van der Waals surface area contributed by atoms with E-state index in [4.69, 9.17) is 14.2 Å². The van der Waals surface area contributed by atoms with Crippen LogP contribution in [0.4, 0.5) is 5.69 Å². The van der Waals surface area contributed by atoms with Gasteiger partial charge in [0.1, 0.15) is 18.1 Å². The molecule has 1 N–H and O–H groups in total. The Bertz CT molecular complexity index is 1160. The number of carbonyl (C=O) groups excluding carboxylic acids is 2. The minimum Gasteiger partial charge on any atom is -0.497 e. The minimum absolute atomic E-state index is 0.294. The van der Waals surface area contributed by atoms with Crippen LogP contribution in [0.15, 0.2) is 60.7 Å². The third kappa shape index (κ3) is 5.94. The number of ether oxygens (including phenoxy) is 3. The van der Waals surface area contributed by atoms with E-state index in [0.29, 0.717) is 47.0 Å². The minimum atomic E-state index is -0.409. The van der Waals surface area contributed by atoms with Gasteiger partial charge in [0, 0.05) is 12.2 Å². The molecule has 0 fully saturated rings. The summed E-state index contributed by atoms with van der Waals surface area (Å²) < 4.78 is 16.1. The molecule has 0 saturated carbocycles. The molecule has 0 bridgehead atoms. The largest absolute Gasteiger partial charge is 0.497 e. The van der Waals surface area contributed by atoms with E-state index in [9.17, 15) is 9.59 Å². The fraction of sp³-hybridized carbons (Fsp3) is 0.259. The molecule has 0 aromatic heterocycles. The molecule has 0 spiro atoms. The van der Waals surface area contributed by atoms with E-state index >= 15 is 0 Å². The average molecular weight is 463 g/mol. The van der Waals surface area contributed by atoms with Crippen molar-refractivity contribution < 1.29 is 23.8 Å². The van der Waals surface area contributed by atoms with Gasteiger partial charge in [0.05, 0.1) is 25.3 Å². The summed E-state index contributed by atoms with van der Waals surface area (Å²) in [5, 5.41) is 2.96. The summed E-state index contributed by atoms with van der Waals surface area (Å²) in [6, 6.07) is 17.9. The fourth-order valence-electron chi connectivity index (χ4n) is 3.53. The topological polar surface area (TPSA) is 77.1 Å². The van der Waals surface area contributed by atoms with Crippen LogP contribution in [-0.4, -0.2) is 58.2 Å². The van der Waals surface area contributed by atoms with Gasteiger partial charge in [-0.2, -0.15) is 0 Å². The van der Waals surface area contributed by atoms with E-state index in [1.807, 2.05) is 44.1 Å². The van der Waals surface area contributed by atoms with Gasteiger partial charge in [0.25, 0.3) is 5.91 Å². The first-order valence-corrected chi connectivity index (χ1v) is 10.9. The van der Waals surface area contributed by atoms with Crippen molar-refractivity contribution in [3.63, 3.8) is 0 Å². The van der Waals surface area contributed by atoms with E-state index in [0.717, 1.165) is 11.1 Å². The highest BCUT2D eigenvalue weighted by molar-refractivity contribution is 6.11. The molecule has 3 aromatic rings. The number of benzene rings is 3. The third-order valence-corrected chi connectivity index (χ3v) is 5.33. The van der Waals surface area contributed by atoms with Crippen LogP contribution in [0.2, 0.25) is 0 Å². The predicted molar refractivity (Wildman–Crippen MR) is 133 cm³/mol. The number of rotatable bonds is 9. The van der Waals surface area contributed by atoms with E-state index < -0.39 is 5.97 Å². The van der Waals surface area contributed by atoms with E-state index in [2.05, 4.69) is 5.32 Å². The Hall–Kier alpha value is -3.84. The SMILES string of the molecule is COC(=O)c1ccc(-c2cccc(OCCN(C)C)c2C(=O)Nc2ccc(OC)cc2)c(C)c1. The zero-order chi connectivity index (χ0) is 24.7. The van der Waals surface area contributed by atoms with Gasteiger partial charge in [-0.05, 0) is 80.2 Å². The van der Waals surface area contributed by atoms with Crippen LogP contribution in [0.1, 0.15) is 26.3 Å². The maximum absolute atomic E-state index is 13.5. The van der Waals surface area contributed by atoms with Gasteiger partial charge in [-0.3, -0.25) is 4.79 Å². The summed E-state index contributed by atoms with van der Waals surface area (Å²) in [7, 11) is 6.86. The van der Waals surface area contributed by atoms with Crippen molar-refractivity contribution in [2.24, 2.45) is 0 Å². The number of esters is 1. The van der Waals surface area contributed by atoms with Gasteiger partial charge < -0.3 is 24.4 Å². The zero-order valence-corrected chi connectivity index (χ0v) is 20.2. The molecule has 7 heteroatoms. The highest BCUT2D eigenvalue weighted by atomic mass is 16.5. The first-order valence-electron chi connectivity index (χ1n) is 10.9. The second-order valence-corrected chi connectivity index (χ2v) is 8.03. The molecule has 0 atom stereocenters. The number of likely N-dealkylation sites (N-methyl/N-ethyl adjacent to an activating group) is 1. The second kappa shape index (κ2) is 11.3. The zero-order valence-electron chi connectivity index (χ0n) is 20.2. The van der Waals surface area contributed by atoms with Crippen molar-refractivity contribution in [3.05, 3.63) is 77.4 Å². The van der Waals surface area contributed by atoms with Crippen molar-refractivity contribution in [2.75, 3.05) is 46.8 Å². The average Bonchev–Trinajstić information content (AvgIpc) is 2.83. The van der Waals surface area contributed by atoms with Crippen molar-refractivity contribution in [2.45, 2.75) is 6.92 Å². The molecule has 1 amide bonds. The highest BCUT2D eigenvalue weighted by Crippen LogP contribution is 2.34. The molecule has 0 aliphatic rings. The quantitative estimate of drug-likeness (QED) is 0.467. The van der Waals surface area contributed by atoms with Gasteiger partial charge in [0.15, 0.2) is 0 Å². The summed E-state index contributed by atoms with van der Waals surface area (Å²) in [4.78, 5) is 27.5. The molecule has 178 valence electrons. The highest BCUT2D eigenvalue weighted by Gasteiger charge is 2.21. The van der Waals surface area contributed by atoms with Crippen LogP contribution < -0.4 is 14.8 Å². The molecule has 0 radical (unpaired) electrons. The fourth-order valence-corrected chi connectivity index (χ4v) is 3.53. The van der Waals surface area contributed by atoms with E-state index in [1.54, 1.807) is 49.6 Å². The number of anilines is 1. The number of nitrogens with one attached hydrogen (secondary N) is 1. The molecule has 7 nitrogen and oxygen atoms in total. The van der Waals surface area contributed by atoms with Crippen LogP contribution in [-0.2, 0) is 4.74 Å². The van der Waals surface area contributed by atoms with E-state index in [1.165, 1.54) is 7.11 Å². The Balaban J connectivity index is 2.03. The van der Waals surface area contributed by atoms with Crippen LogP contribution in [0.25, 0.3) is 11.1 Å². The molecule has 0 aliphatic heterocycles. The van der Waals surface area contributed by atoms with Crippen LogP contribution >= 0.6 is 0 Å². The van der Waals surface area contributed by atoms with Crippen molar-refractivity contribution in [1.29, 1.82) is 0 Å². The maximum Gasteiger partial charge on any atom is 0.337 e. The smallest absolute Gasteiger partial charge is 0.337 e. The molecule has 0 saturated heterocycles. The lowest BCUT2D eigenvalue weighted by Gasteiger charge is -2.18. The molecule has 0 aliphatic carbocycles. The van der Waals surface area contributed by atoms with Gasteiger partial charge >= 0.3 is 5.97 Å². The molecule has 3 aromatic carbocycles. The number of hydrogen-bond donors (Lipinski definition) is 1. The lowest BCUT2D eigenvalue weighted by Crippen LogP contribution is -2.21. The number of hydrogen-bond acceptors (Lipinski definition) is 6. The Morgan fingerprint density at radius 1 is 0.941 bits per heavy atom. The monoisotopic (exact) mass is 462 g/mol. The summed E-state index contributed by atoms with van der Waals surface area (Å²) in [6.45, 7) is 3.03. The van der Waals surface area contributed by atoms with Gasteiger partial charge in [-0.1, -0.05) is 18.2 Å². The second-order valence-electron chi connectivity index (χ2n) is 8.03. The number of methoxy groups -OCH3 is 2. The molecular weight excluding hydrogens is 432 g/mol. The maximum atomic E-state index is 13.5. The van der Waals surface area contributed by atoms with Crippen LogP contribution in [0, 0.1) is 6.92 Å². The number of aryl methyl sites for hydroxylation is 1. The van der Waals surface area contributed by atoms with Gasteiger partial charge in [0.2, 0.25) is 0 Å². The first-order chi connectivity index (χ1) is 16.3. The molecule has 34 heavy (non-hydrogen) atoms. The Morgan fingerprint density at radius 3 is 2.29 bits per heavy atom. The lowest BCUT2D eigenvalue weighted by atomic mass is 9.93. The Labute approximate surface area is 200 Å². The van der Waals surface area contributed by atoms with Crippen LogP contribution in [0.5, 0.6) is 11.5 Å². The predicted octanol–water partition coefficient (Wildman–Crippen LogP) is 4.65. The summed E-state index contributed by atoms with van der Waals surface area (Å²) >= 11 is 0. The van der Waals surface area contributed by atoms with E-state index in [-0.39, 0.29) is 5.91 Å². The Morgan fingerprint density at radius 2 is 1.68 bits per heavy atom. The summed E-state index contributed by atoms with van der Waals surface area (Å²) in [5.74, 6) is 0.485. The van der Waals surface area contributed by atoms with Crippen molar-refractivity contribution in [3.8, 4) is 22.6 Å². The summed E-state index contributed by atoms with van der Waals surface area (Å²) in [5.41, 5.74) is 3.88. The molecule has 0 heterocycles. The number of carbonyl (C=O) groups is 2. The normalized spacial score (nSPS) is 10.6. The van der Waals surface area contributed by atoms with Crippen molar-refractivity contribution in [1.82, 2.24) is 4.90 Å². The van der Waals surface area contributed by atoms with Gasteiger partial charge in [-0.15, -0.1) is 0 Å². The molecule has 0 unspecified atom stereocenters. The van der Waals surface area contributed by atoms with Gasteiger partial charge in [-0.25, -0.2) is 4.79 Å². The van der Waals surface area contributed by atoms with Crippen molar-refractivity contribution >= 4 is 17.6 Å². The lowest BCUT2D eigenvalue weighted by molar-refractivity contribution is 0.0600. The summed E-state index contributed by atoms with van der Waals surface area (Å²) in [6.07, 6.45) is 0. The molecular formula is C27H30N2O5. The third-order valence-electron chi connectivity index (χ3n) is 5.33. The number of nitrogens with zero attached hydrogens (tertiary/aromatic N) is 1. The Kier molecular flexibility index (Phi) is 8.27. The van der Waals surface area contributed by atoms with Crippen LogP contribution in [0.3, 0.4) is 0 Å². The number of amides is 1. The standard InChI is InChI=1S/C27H30N2O5/c1-18-17-19(27(31)33-5)9-14-22(18)23-7-6-8-24(34-16-15-29(2)3)25(23)26(30)28-20-10-12-21(32-4)13-11-20/h6-14,17H,15-16H2,1-5H3,(H,28,30). The molecule has 3 rings (SSSR count).